The Morgan fingerprint density at radius 1 is 0.625 bits per heavy atom. The number of pyridine rings is 2. The van der Waals surface area contributed by atoms with Gasteiger partial charge in [-0.3, -0.25) is 0 Å². The number of rotatable bonds is 0. The molecule has 5 rings (SSSR count). The largest absolute Gasteiger partial charge is 0.245 e. The Hall–Kier alpha value is -2.22. The normalized spacial score (nSPS) is 13.0. The number of aromatic nitrogens is 2. The van der Waals surface area contributed by atoms with Crippen molar-refractivity contribution in [2.24, 2.45) is 0 Å². The molecule has 0 radical (unpaired) electrons. The molecular weight excluding hydrogens is 196 g/mol. The van der Waals surface area contributed by atoms with Gasteiger partial charge in [0, 0.05) is 21.5 Å². The molecule has 0 atom stereocenters. The molecule has 0 fully saturated rings. The van der Waals surface area contributed by atoms with Crippen LogP contribution in [0.3, 0.4) is 0 Å². The van der Waals surface area contributed by atoms with Crippen LogP contribution in [0.4, 0.5) is 0 Å². The molecule has 0 saturated carbocycles. The Kier molecular flexibility index (Phi) is 0.890. The van der Waals surface area contributed by atoms with E-state index in [0.29, 0.717) is 0 Å². The van der Waals surface area contributed by atoms with E-state index in [-0.39, 0.29) is 0 Å². The zero-order valence-electron chi connectivity index (χ0n) is 8.36. The molecule has 16 heavy (non-hydrogen) atoms. The molecule has 2 nitrogen and oxygen atoms in total. The van der Waals surface area contributed by atoms with Gasteiger partial charge in [-0.1, -0.05) is 12.1 Å². The van der Waals surface area contributed by atoms with Gasteiger partial charge in [0.05, 0.1) is 22.1 Å². The van der Waals surface area contributed by atoms with Crippen molar-refractivity contribution in [2.75, 3.05) is 0 Å². The number of hydrogen-bond donors (Lipinski definition) is 0. The summed E-state index contributed by atoms with van der Waals surface area (Å²) in [5.74, 6) is 0. The van der Waals surface area contributed by atoms with E-state index in [1.807, 2.05) is 0 Å². The Bertz CT molecular complexity index is 763. The molecule has 2 heteroatoms. The van der Waals surface area contributed by atoms with Crippen LogP contribution in [0.1, 0.15) is 0 Å². The smallest absolute Gasteiger partial charge is 0.0979 e. The maximum atomic E-state index is 4.61. The van der Waals surface area contributed by atoms with E-state index in [1.165, 1.54) is 21.5 Å². The van der Waals surface area contributed by atoms with Crippen molar-refractivity contribution in [1.29, 1.82) is 0 Å². The van der Waals surface area contributed by atoms with E-state index in [2.05, 4.69) is 46.4 Å². The zero-order valence-corrected chi connectivity index (χ0v) is 8.36. The first kappa shape index (κ1) is 7.12. The van der Waals surface area contributed by atoms with Crippen LogP contribution in [-0.4, -0.2) is 9.97 Å². The number of nitrogens with zero attached hydrogens (tertiary/aromatic N) is 2. The lowest BCUT2D eigenvalue weighted by Crippen LogP contribution is -1.95. The Morgan fingerprint density at radius 3 is 1.50 bits per heavy atom. The van der Waals surface area contributed by atoms with Crippen molar-refractivity contribution in [1.82, 2.24) is 9.97 Å². The molecule has 0 saturated heterocycles. The van der Waals surface area contributed by atoms with Crippen LogP contribution >= 0.6 is 0 Å². The maximum Gasteiger partial charge on any atom is 0.0979 e. The molecule has 0 spiro atoms. The fourth-order valence-corrected chi connectivity index (χ4v) is 2.47. The number of hydrogen-bond acceptors (Lipinski definition) is 2. The molecule has 2 aromatic heterocycles. The first-order valence-corrected chi connectivity index (χ1v) is 5.37. The van der Waals surface area contributed by atoms with Gasteiger partial charge < -0.3 is 0 Å². The molecule has 3 aromatic carbocycles. The summed E-state index contributed by atoms with van der Waals surface area (Å²) in [6, 6.07) is 12.8. The molecule has 0 aliphatic rings. The van der Waals surface area contributed by atoms with Crippen LogP contribution < -0.4 is 0 Å². The summed E-state index contributed by atoms with van der Waals surface area (Å²) in [7, 11) is 0. The standard InChI is InChI=1S/C14H6N2/c1-3-11-7(1)5-9-10-6-8-2-4-12(8)16-14(10)13(9)15-11/h1-6H. The lowest BCUT2D eigenvalue weighted by molar-refractivity contribution is 1.44. The molecule has 2 heterocycles. The summed E-state index contributed by atoms with van der Waals surface area (Å²) in [6.07, 6.45) is 0. The van der Waals surface area contributed by atoms with Crippen LogP contribution in [-0.2, 0) is 0 Å². The highest BCUT2D eigenvalue weighted by Crippen LogP contribution is 2.37. The molecule has 72 valence electrons. The second-order valence-electron chi connectivity index (χ2n) is 4.38. The lowest BCUT2D eigenvalue weighted by Gasteiger charge is -2.14. The summed E-state index contributed by atoms with van der Waals surface area (Å²) in [6.45, 7) is 0. The SMILES string of the molecule is c1cc2nc3c(cc12)c1cc2ccc2nc13. The van der Waals surface area contributed by atoms with Crippen molar-refractivity contribution in [3.63, 3.8) is 0 Å². The molecule has 5 aromatic rings. The molecule has 0 aliphatic carbocycles. The highest BCUT2D eigenvalue weighted by atomic mass is 14.8. The van der Waals surface area contributed by atoms with Crippen molar-refractivity contribution in [2.45, 2.75) is 0 Å². The molecule has 0 unspecified atom stereocenters. The van der Waals surface area contributed by atoms with Crippen LogP contribution in [0, 0.1) is 0 Å². The molecule has 0 aliphatic heterocycles. The monoisotopic (exact) mass is 202 g/mol. The van der Waals surface area contributed by atoms with Gasteiger partial charge in [0.2, 0.25) is 0 Å². The van der Waals surface area contributed by atoms with E-state index in [1.54, 1.807) is 0 Å². The Labute approximate surface area is 90.5 Å². The third kappa shape index (κ3) is 0.600. The summed E-state index contributed by atoms with van der Waals surface area (Å²) < 4.78 is 0. The Balaban J connectivity index is 2.07. The van der Waals surface area contributed by atoms with Crippen molar-refractivity contribution >= 4 is 43.6 Å². The summed E-state index contributed by atoms with van der Waals surface area (Å²) in [4.78, 5) is 9.22. The quantitative estimate of drug-likeness (QED) is 0.384. The lowest BCUT2D eigenvalue weighted by atomic mass is 9.97. The predicted octanol–water partition coefficient (Wildman–Crippen LogP) is 3.40. The second-order valence-corrected chi connectivity index (χ2v) is 4.38. The van der Waals surface area contributed by atoms with Gasteiger partial charge in [-0.15, -0.1) is 0 Å². The van der Waals surface area contributed by atoms with E-state index in [4.69, 9.17) is 0 Å². The average molecular weight is 202 g/mol. The fraction of sp³-hybridized carbons (Fsp3) is 0. The van der Waals surface area contributed by atoms with Gasteiger partial charge in [0.1, 0.15) is 0 Å². The minimum atomic E-state index is 1.07. The van der Waals surface area contributed by atoms with Gasteiger partial charge in [-0.05, 0) is 24.3 Å². The fourth-order valence-electron chi connectivity index (χ4n) is 2.47. The third-order valence-corrected chi connectivity index (χ3v) is 3.52. The van der Waals surface area contributed by atoms with E-state index >= 15 is 0 Å². The van der Waals surface area contributed by atoms with E-state index in [9.17, 15) is 0 Å². The van der Waals surface area contributed by atoms with Crippen molar-refractivity contribution < 1.29 is 0 Å². The second kappa shape index (κ2) is 2.00. The molecule has 0 N–H and O–H groups in total. The first-order chi connectivity index (χ1) is 7.90. The molecule has 0 bridgehead atoms. The van der Waals surface area contributed by atoms with Crippen LogP contribution in [0.5, 0.6) is 0 Å². The summed E-state index contributed by atoms with van der Waals surface area (Å²) >= 11 is 0. The minimum absolute atomic E-state index is 1.07. The molecular formula is C14H6N2. The molecule has 0 amide bonds. The Morgan fingerprint density at radius 2 is 1.12 bits per heavy atom. The maximum absolute atomic E-state index is 4.61. The van der Waals surface area contributed by atoms with Crippen molar-refractivity contribution in [3.05, 3.63) is 36.4 Å². The topological polar surface area (TPSA) is 25.8 Å². The van der Waals surface area contributed by atoms with Gasteiger partial charge in [-0.2, -0.15) is 0 Å². The van der Waals surface area contributed by atoms with Gasteiger partial charge >= 0.3 is 0 Å². The zero-order chi connectivity index (χ0) is 10.3. The van der Waals surface area contributed by atoms with Crippen LogP contribution in [0.15, 0.2) is 36.4 Å². The van der Waals surface area contributed by atoms with Crippen molar-refractivity contribution in [3.8, 4) is 0 Å². The highest BCUT2D eigenvalue weighted by Gasteiger charge is 2.16. The predicted molar refractivity (Wildman–Crippen MR) is 65.6 cm³/mol. The van der Waals surface area contributed by atoms with Gasteiger partial charge in [-0.25, -0.2) is 9.97 Å². The van der Waals surface area contributed by atoms with Crippen LogP contribution in [0.2, 0.25) is 0 Å². The van der Waals surface area contributed by atoms with Gasteiger partial charge in [0.25, 0.3) is 0 Å². The van der Waals surface area contributed by atoms with Crippen LogP contribution in [0.25, 0.3) is 43.6 Å². The number of fused-ring (bicyclic) bond motifs is 6. The minimum Gasteiger partial charge on any atom is -0.245 e. The summed E-state index contributed by atoms with van der Waals surface area (Å²) in [5, 5.41) is 5.02. The van der Waals surface area contributed by atoms with E-state index in [0.717, 1.165) is 22.1 Å². The average Bonchev–Trinajstić information content (AvgIpc) is 2.20. The first-order valence-electron chi connectivity index (χ1n) is 5.37. The third-order valence-electron chi connectivity index (χ3n) is 3.52. The van der Waals surface area contributed by atoms with E-state index < -0.39 is 0 Å². The van der Waals surface area contributed by atoms with Gasteiger partial charge in [0.15, 0.2) is 0 Å². The summed E-state index contributed by atoms with van der Waals surface area (Å²) in [5.41, 5.74) is 4.34. The highest BCUT2D eigenvalue weighted by molar-refractivity contribution is 6.25.